The predicted octanol–water partition coefficient (Wildman–Crippen LogP) is 1.06. The van der Waals surface area contributed by atoms with Gasteiger partial charge in [0.2, 0.25) is 0 Å². The number of hydrogen-bond donors (Lipinski definition) is 2. The quantitative estimate of drug-likeness (QED) is 0.565. The SMILES string of the molecule is CCc1nc(NN)cc(N(CC)CCC#N)n1. The van der Waals surface area contributed by atoms with Crippen LogP contribution in [0.15, 0.2) is 6.07 Å². The molecule has 0 aliphatic carbocycles. The van der Waals surface area contributed by atoms with Crippen molar-refractivity contribution in [2.75, 3.05) is 23.4 Å². The first-order valence-electron chi connectivity index (χ1n) is 5.71. The van der Waals surface area contributed by atoms with E-state index < -0.39 is 0 Å². The first-order chi connectivity index (χ1) is 8.24. The van der Waals surface area contributed by atoms with Gasteiger partial charge in [0.15, 0.2) is 0 Å². The molecule has 3 N–H and O–H groups in total. The molecule has 0 spiro atoms. The summed E-state index contributed by atoms with van der Waals surface area (Å²) < 4.78 is 0. The molecule has 0 atom stereocenters. The molecule has 0 radical (unpaired) electrons. The lowest BCUT2D eigenvalue weighted by molar-refractivity contribution is 0.795. The van der Waals surface area contributed by atoms with Crippen LogP contribution in [0.25, 0.3) is 0 Å². The van der Waals surface area contributed by atoms with Crippen molar-refractivity contribution >= 4 is 11.6 Å². The largest absolute Gasteiger partial charge is 0.356 e. The number of anilines is 2. The van der Waals surface area contributed by atoms with E-state index in [9.17, 15) is 0 Å². The fourth-order valence-electron chi connectivity index (χ4n) is 1.50. The van der Waals surface area contributed by atoms with Crippen LogP contribution in [0.4, 0.5) is 11.6 Å². The van der Waals surface area contributed by atoms with Crippen molar-refractivity contribution in [3.8, 4) is 6.07 Å². The summed E-state index contributed by atoms with van der Waals surface area (Å²) in [5, 5.41) is 8.62. The van der Waals surface area contributed by atoms with Crippen LogP contribution in [0.2, 0.25) is 0 Å². The summed E-state index contributed by atoms with van der Waals surface area (Å²) in [6.07, 6.45) is 1.23. The van der Waals surface area contributed by atoms with Gasteiger partial charge in [-0.25, -0.2) is 15.8 Å². The zero-order valence-electron chi connectivity index (χ0n) is 10.3. The first-order valence-corrected chi connectivity index (χ1v) is 5.71. The molecule has 1 rings (SSSR count). The Kier molecular flexibility index (Phi) is 5.17. The molecule has 0 fully saturated rings. The van der Waals surface area contributed by atoms with Crippen molar-refractivity contribution in [2.45, 2.75) is 26.7 Å². The van der Waals surface area contributed by atoms with Gasteiger partial charge in [0.25, 0.3) is 0 Å². The summed E-state index contributed by atoms with van der Waals surface area (Å²) in [6, 6.07) is 3.93. The second-order valence-electron chi connectivity index (χ2n) is 3.51. The number of aryl methyl sites for hydroxylation is 1. The van der Waals surface area contributed by atoms with Crippen LogP contribution in [-0.4, -0.2) is 23.1 Å². The van der Waals surface area contributed by atoms with E-state index in [4.69, 9.17) is 11.1 Å². The highest BCUT2D eigenvalue weighted by Gasteiger charge is 2.09. The molecule has 6 heteroatoms. The molecule has 0 aliphatic heterocycles. The molecule has 1 aromatic rings. The third-order valence-electron chi connectivity index (χ3n) is 2.42. The molecule has 0 aromatic carbocycles. The van der Waals surface area contributed by atoms with E-state index in [2.05, 4.69) is 21.5 Å². The zero-order chi connectivity index (χ0) is 12.7. The van der Waals surface area contributed by atoms with Gasteiger partial charge in [-0.2, -0.15) is 5.26 Å². The van der Waals surface area contributed by atoms with Gasteiger partial charge in [-0.15, -0.1) is 0 Å². The molecule has 0 unspecified atom stereocenters. The fraction of sp³-hybridized carbons (Fsp3) is 0.545. The highest BCUT2D eigenvalue weighted by molar-refractivity contribution is 5.48. The molecule has 0 aliphatic rings. The highest BCUT2D eigenvalue weighted by atomic mass is 15.3. The number of nitrogens with one attached hydrogen (secondary N) is 1. The van der Waals surface area contributed by atoms with Gasteiger partial charge in [0, 0.05) is 25.6 Å². The van der Waals surface area contributed by atoms with Crippen LogP contribution in [0.1, 0.15) is 26.1 Å². The van der Waals surface area contributed by atoms with Crippen LogP contribution >= 0.6 is 0 Å². The van der Waals surface area contributed by atoms with Crippen LogP contribution in [0.3, 0.4) is 0 Å². The number of nitriles is 1. The molecule has 92 valence electrons. The maximum atomic E-state index is 8.62. The highest BCUT2D eigenvalue weighted by Crippen LogP contribution is 2.15. The van der Waals surface area contributed by atoms with E-state index in [0.717, 1.165) is 24.6 Å². The Balaban J connectivity index is 2.97. The van der Waals surface area contributed by atoms with E-state index in [1.54, 1.807) is 6.07 Å². The number of rotatable bonds is 6. The average Bonchev–Trinajstić information content (AvgIpc) is 2.39. The number of nitrogens with zero attached hydrogens (tertiary/aromatic N) is 4. The van der Waals surface area contributed by atoms with Gasteiger partial charge in [-0.1, -0.05) is 6.92 Å². The molecular formula is C11H18N6. The summed E-state index contributed by atoms with van der Waals surface area (Å²) in [5.41, 5.74) is 2.53. The van der Waals surface area contributed by atoms with Crippen molar-refractivity contribution < 1.29 is 0 Å². The summed E-state index contributed by atoms with van der Waals surface area (Å²) in [7, 11) is 0. The first kappa shape index (κ1) is 13.2. The molecule has 0 saturated carbocycles. The second kappa shape index (κ2) is 6.66. The lowest BCUT2D eigenvalue weighted by Crippen LogP contribution is -2.25. The number of hydrazine groups is 1. The van der Waals surface area contributed by atoms with Gasteiger partial charge in [0.1, 0.15) is 17.5 Å². The Labute approximate surface area is 101 Å². The maximum Gasteiger partial charge on any atom is 0.145 e. The molecule has 17 heavy (non-hydrogen) atoms. The minimum atomic E-state index is 0.477. The summed E-state index contributed by atoms with van der Waals surface area (Å²) in [4.78, 5) is 10.7. The summed E-state index contributed by atoms with van der Waals surface area (Å²) >= 11 is 0. The van der Waals surface area contributed by atoms with E-state index in [-0.39, 0.29) is 0 Å². The molecule has 0 bridgehead atoms. The molecule has 6 nitrogen and oxygen atoms in total. The summed E-state index contributed by atoms with van der Waals surface area (Å²) in [6.45, 7) is 5.48. The minimum Gasteiger partial charge on any atom is -0.356 e. The van der Waals surface area contributed by atoms with Crippen molar-refractivity contribution in [1.29, 1.82) is 5.26 Å². The summed E-state index contributed by atoms with van der Waals surface area (Å²) in [5.74, 6) is 7.52. The molecule has 0 saturated heterocycles. The van der Waals surface area contributed by atoms with Crippen LogP contribution < -0.4 is 16.2 Å². The van der Waals surface area contributed by atoms with Gasteiger partial charge in [-0.05, 0) is 6.92 Å². The smallest absolute Gasteiger partial charge is 0.145 e. The van der Waals surface area contributed by atoms with Crippen molar-refractivity contribution in [2.24, 2.45) is 5.84 Å². The van der Waals surface area contributed by atoms with E-state index in [1.165, 1.54) is 0 Å². The number of nitrogen functional groups attached to an aromatic ring is 1. The standard InChI is InChI=1S/C11H18N6/c1-3-9-14-10(16-13)8-11(15-9)17(4-2)7-5-6-12/h8H,3-5,7,13H2,1-2H3,(H,14,15,16). The van der Waals surface area contributed by atoms with Gasteiger partial charge in [0.05, 0.1) is 12.5 Å². The van der Waals surface area contributed by atoms with E-state index >= 15 is 0 Å². The maximum absolute atomic E-state index is 8.62. The Hall–Kier alpha value is -1.87. The Morgan fingerprint density at radius 2 is 2.24 bits per heavy atom. The molecule has 1 heterocycles. The Morgan fingerprint density at radius 1 is 1.47 bits per heavy atom. The Morgan fingerprint density at radius 3 is 2.76 bits per heavy atom. The Bertz CT molecular complexity index is 375. The molecule has 0 amide bonds. The normalized spacial score (nSPS) is 9.76. The zero-order valence-corrected chi connectivity index (χ0v) is 10.3. The van der Waals surface area contributed by atoms with Gasteiger partial charge >= 0.3 is 0 Å². The van der Waals surface area contributed by atoms with Crippen molar-refractivity contribution in [1.82, 2.24) is 9.97 Å². The molecular weight excluding hydrogens is 216 g/mol. The topological polar surface area (TPSA) is 90.9 Å². The predicted molar refractivity (Wildman–Crippen MR) is 67.3 cm³/mol. The van der Waals surface area contributed by atoms with Gasteiger partial charge < -0.3 is 10.3 Å². The monoisotopic (exact) mass is 234 g/mol. The third-order valence-corrected chi connectivity index (χ3v) is 2.42. The van der Waals surface area contributed by atoms with E-state index in [0.29, 0.717) is 18.8 Å². The third kappa shape index (κ3) is 3.57. The fourth-order valence-corrected chi connectivity index (χ4v) is 1.50. The van der Waals surface area contributed by atoms with Crippen LogP contribution in [0, 0.1) is 11.3 Å². The van der Waals surface area contributed by atoms with Crippen molar-refractivity contribution in [3.63, 3.8) is 0 Å². The number of aromatic nitrogens is 2. The number of nitrogens with two attached hydrogens (primary N) is 1. The number of hydrogen-bond acceptors (Lipinski definition) is 6. The van der Waals surface area contributed by atoms with Crippen molar-refractivity contribution in [3.05, 3.63) is 11.9 Å². The van der Waals surface area contributed by atoms with Gasteiger partial charge in [-0.3, -0.25) is 0 Å². The molecule has 1 aromatic heterocycles. The van der Waals surface area contributed by atoms with E-state index in [1.807, 2.05) is 18.7 Å². The van der Waals surface area contributed by atoms with Crippen LogP contribution in [0.5, 0.6) is 0 Å². The average molecular weight is 234 g/mol. The van der Waals surface area contributed by atoms with Crippen LogP contribution in [-0.2, 0) is 6.42 Å². The lowest BCUT2D eigenvalue weighted by atomic mass is 10.3. The lowest BCUT2D eigenvalue weighted by Gasteiger charge is -2.21. The minimum absolute atomic E-state index is 0.477. The second-order valence-corrected chi connectivity index (χ2v) is 3.51.